The number of nitrogens with one attached hydrogen (secondary N) is 1. The fraction of sp³-hybridized carbons (Fsp3) is 0.333. The highest BCUT2D eigenvalue weighted by atomic mass is 32.2. The Hall–Kier alpha value is -2.00. The molecule has 0 atom stereocenters. The molecule has 1 fully saturated rings. The summed E-state index contributed by atoms with van der Waals surface area (Å²) in [6, 6.07) is 5.60. The van der Waals surface area contributed by atoms with Gasteiger partial charge in [-0.1, -0.05) is 36.1 Å². The molecule has 9 heteroatoms. The van der Waals surface area contributed by atoms with Gasteiger partial charge in [-0.3, -0.25) is 19.3 Å². The summed E-state index contributed by atoms with van der Waals surface area (Å²) in [7, 11) is 0. The number of thioether (sulfide) groups is 1. The van der Waals surface area contributed by atoms with Crippen molar-refractivity contribution in [3.63, 3.8) is 0 Å². The fourth-order valence-corrected chi connectivity index (χ4v) is 3.09. The SMILES string of the molecule is O=C(COC(=O)Cc1cccc(F)c1)NCCN1C(=O)CSC1=S. The standard InChI is InChI=1S/C15H15FN2O4S2/c16-11-3-1-2-10(6-11)7-14(21)22-8-12(19)17-4-5-18-13(20)9-24-15(18)23/h1-3,6H,4-5,7-9H2,(H,17,19). The highest BCUT2D eigenvalue weighted by molar-refractivity contribution is 8.23. The Balaban J connectivity index is 1.65. The summed E-state index contributed by atoms with van der Waals surface area (Å²) in [5.41, 5.74) is 0.471. The summed E-state index contributed by atoms with van der Waals surface area (Å²) >= 11 is 6.30. The van der Waals surface area contributed by atoms with Gasteiger partial charge >= 0.3 is 5.97 Å². The minimum atomic E-state index is -0.622. The van der Waals surface area contributed by atoms with E-state index >= 15 is 0 Å². The molecule has 24 heavy (non-hydrogen) atoms. The largest absolute Gasteiger partial charge is 0.455 e. The molecular weight excluding hydrogens is 355 g/mol. The number of thiocarbonyl (C=S) groups is 1. The summed E-state index contributed by atoms with van der Waals surface area (Å²) in [4.78, 5) is 36.1. The van der Waals surface area contributed by atoms with Crippen molar-refractivity contribution in [2.24, 2.45) is 0 Å². The van der Waals surface area contributed by atoms with Crippen LogP contribution in [0.5, 0.6) is 0 Å². The molecule has 1 aromatic rings. The second-order valence-electron chi connectivity index (χ2n) is 4.92. The molecule has 0 spiro atoms. The van der Waals surface area contributed by atoms with E-state index in [4.69, 9.17) is 17.0 Å². The molecular formula is C15H15FN2O4S2. The van der Waals surface area contributed by atoms with Crippen LogP contribution in [0, 0.1) is 5.82 Å². The Morgan fingerprint density at radius 2 is 2.21 bits per heavy atom. The molecule has 128 valence electrons. The first-order chi connectivity index (χ1) is 11.5. The summed E-state index contributed by atoms with van der Waals surface area (Å²) in [5.74, 6) is -1.30. The fourth-order valence-electron chi connectivity index (χ4n) is 1.97. The zero-order valence-corrected chi connectivity index (χ0v) is 14.3. The third kappa shape index (κ3) is 5.57. The molecule has 6 nitrogen and oxygen atoms in total. The van der Waals surface area contributed by atoms with Crippen molar-refractivity contribution in [3.05, 3.63) is 35.6 Å². The zero-order valence-electron chi connectivity index (χ0n) is 12.6. The number of benzene rings is 1. The van der Waals surface area contributed by atoms with Crippen LogP contribution < -0.4 is 5.32 Å². The monoisotopic (exact) mass is 370 g/mol. The van der Waals surface area contributed by atoms with E-state index in [-0.39, 0.29) is 25.4 Å². The van der Waals surface area contributed by atoms with Gasteiger partial charge in [0, 0.05) is 13.1 Å². The number of hydrogen-bond donors (Lipinski definition) is 1. The van der Waals surface area contributed by atoms with E-state index in [2.05, 4.69) is 5.32 Å². The molecule has 1 heterocycles. The maximum atomic E-state index is 13.0. The zero-order chi connectivity index (χ0) is 17.5. The molecule has 1 saturated heterocycles. The first-order valence-corrected chi connectivity index (χ1v) is 8.49. The van der Waals surface area contributed by atoms with Gasteiger partial charge in [-0.2, -0.15) is 0 Å². The number of rotatable bonds is 7. The summed E-state index contributed by atoms with van der Waals surface area (Å²) in [6.07, 6.45) is -0.112. The summed E-state index contributed by atoms with van der Waals surface area (Å²) in [5, 5.41) is 2.54. The maximum Gasteiger partial charge on any atom is 0.310 e. The molecule has 0 aliphatic carbocycles. The van der Waals surface area contributed by atoms with Crippen LogP contribution >= 0.6 is 24.0 Å². The average Bonchev–Trinajstić information content (AvgIpc) is 2.85. The molecule has 0 saturated carbocycles. The highest BCUT2D eigenvalue weighted by Crippen LogP contribution is 2.18. The summed E-state index contributed by atoms with van der Waals surface area (Å²) < 4.78 is 18.3. The van der Waals surface area contributed by atoms with E-state index in [0.717, 1.165) is 0 Å². The predicted octanol–water partition coefficient (Wildman–Crippen LogP) is 0.888. The Bertz CT molecular complexity index is 653. The van der Waals surface area contributed by atoms with E-state index in [9.17, 15) is 18.8 Å². The Kier molecular flexibility index (Phi) is 6.68. The van der Waals surface area contributed by atoms with Crippen molar-refractivity contribution in [1.82, 2.24) is 10.2 Å². The number of ether oxygens (including phenoxy) is 1. The van der Waals surface area contributed by atoms with Crippen LogP contribution in [0.25, 0.3) is 0 Å². The lowest BCUT2D eigenvalue weighted by Gasteiger charge is -2.15. The Morgan fingerprint density at radius 3 is 2.88 bits per heavy atom. The quantitative estimate of drug-likeness (QED) is 0.568. The lowest BCUT2D eigenvalue weighted by Crippen LogP contribution is -2.38. The van der Waals surface area contributed by atoms with Gasteiger partial charge in [0.05, 0.1) is 12.2 Å². The molecule has 1 aliphatic rings. The Morgan fingerprint density at radius 1 is 1.42 bits per heavy atom. The van der Waals surface area contributed by atoms with Crippen LogP contribution in [0.2, 0.25) is 0 Å². The first-order valence-electron chi connectivity index (χ1n) is 7.09. The number of carbonyl (C=O) groups is 3. The van der Waals surface area contributed by atoms with Gasteiger partial charge in [0.1, 0.15) is 10.1 Å². The molecule has 0 bridgehead atoms. The third-order valence-electron chi connectivity index (χ3n) is 3.10. The van der Waals surface area contributed by atoms with Crippen LogP contribution in [0.4, 0.5) is 4.39 Å². The number of halogens is 1. The van der Waals surface area contributed by atoms with Gasteiger partial charge < -0.3 is 10.1 Å². The maximum absolute atomic E-state index is 13.0. The number of hydrogen-bond acceptors (Lipinski definition) is 6. The van der Waals surface area contributed by atoms with Crippen molar-refractivity contribution in [1.29, 1.82) is 0 Å². The van der Waals surface area contributed by atoms with Crippen molar-refractivity contribution in [2.75, 3.05) is 25.4 Å². The minimum absolute atomic E-state index is 0.0826. The van der Waals surface area contributed by atoms with Gasteiger partial charge in [-0.15, -0.1) is 0 Å². The van der Waals surface area contributed by atoms with E-state index in [0.29, 0.717) is 15.6 Å². The second-order valence-corrected chi connectivity index (χ2v) is 6.53. The van der Waals surface area contributed by atoms with Crippen LogP contribution in [0.1, 0.15) is 5.56 Å². The van der Waals surface area contributed by atoms with Gasteiger partial charge in [0.2, 0.25) is 5.91 Å². The van der Waals surface area contributed by atoms with Crippen molar-refractivity contribution in [2.45, 2.75) is 6.42 Å². The van der Waals surface area contributed by atoms with Gasteiger partial charge in [-0.25, -0.2) is 4.39 Å². The molecule has 1 aliphatic heterocycles. The van der Waals surface area contributed by atoms with Crippen molar-refractivity contribution < 1.29 is 23.5 Å². The van der Waals surface area contributed by atoms with Crippen molar-refractivity contribution >= 4 is 46.1 Å². The second kappa shape index (κ2) is 8.74. The topological polar surface area (TPSA) is 75.7 Å². The van der Waals surface area contributed by atoms with E-state index in [1.807, 2.05) is 0 Å². The van der Waals surface area contributed by atoms with Crippen LogP contribution in [-0.2, 0) is 25.5 Å². The molecule has 1 N–H and O–H groups in total. The van der Waals surface area contributed by atoms with Gasteiger partial charge in [-0.05, 0) is 17.7 Å². The van der Waals surface area contributed by atoms with Crippen LogP contribution in [0.3, 0.4) is 0 Å². The van der Waals surface area contributed by atoms with Gasteiger partial charge in [0.15, 0.2) is 6.61 Å². The number of nitrogens with zero attached hydrogens (tertiary/aromatic N) is 1. The lowest BCUT2D eigenvalue weighted by molar-refractivity contribution is -0.147. The smallest absolute Gasteiger partial charge is 0.310 e. The number of carbonyl (C=O) groups excluding carboxylic acids is 3. The normalized spacial score (nSPS) is 14.0. The molecule has 2 amide bonds. The van der Waals surface area contributed by atoms with Gasteiger partial charge in [0.25, 0.3) is 5.91 Å². The molecule has 2 rings (SSSR count). The van der Waals surface area contributed by atoms with E-state index in [1.54, 1.807) is 6.07 Å². The third-order valence-corrected chi connectivity index (χ3v) is 4.53. The van der Waals surface area contributed by atoms with Crippen LogP contribution in [0.15, 0.2) is 24.3 Å². The van der Waals surface area contributed by atoms with Crippen molar-refractivity contribution in [3.8, 4) is 0 Å². The minimum Gasteiger partial charge on any atom is -0.455 e. The molecule has 1 aromatic carbocycles. The summed E-state index contributed by atoms with van der Waals surface area (Å²) in [6.45, 7) is 0.0711. The highest BCUT2D eigenvalue weighted by Gasteiger charge is 2.25. The number of esters is 1. The number of amides is 2. The molecule has 0 radical (unpaired) electrons. The Labute approximate surface area is 147 Å². The molecule has 0 unspecified atom stereocenters. The van der Waals surface area contributed by atoms with Crippen LogP contribution in [-0.4, -0.2) is 52.5 Å². The average molecular weight is 370 g/mol. The lowest BCUT2D eigenvalue weighted by atomic mass is 10.1. The molecule has 0 aromatic heterocycles. The van der Waals surface area contributed by atoms with E-state index < -0.39 is 24.3 Å². The predicted molar refractivity (Wildman–Crippen MR) is 90.8 cm³/mol. The van der Waals surface area contributed by atoms with E-state index in [1.165, 1.54) is 34.9 Å². The first kappa shape index (κ1) is 18.3.